The lowest BCUT2D eigenvalue weighted by Gasteiger charge is -2.24. The quantitative estimate of drug-likeness (QED) is 0.685. The van der Waals surface area contributed by atoms with E-state index in [0.717, 1.165) is 30.5 Å². The standard InChI is InChI=1S/C21H24ClNO3/c1-25-21(24)19-8-5-13-23(19)14-15-26-20(16-6-3-2-4-7-16)17-9-11-18(22)12-10-17/h2-4,6-7,9-12,19-20H,5,8,13-15H2,1H3/t19-,20?/m0/s1. The second-order valence-electron chi connectivity index (χ2n) is 6.43. The van der Waals surface area contributed by atoms with E-state index in [1.807, 2.05) is 42.5 Å². The van der Waals surface area contributed by atoms with Crippen LogP contribution < -0.4 is 0 Å². The summed E-state index contributed by atoms with van der Waals surface area (Å²) in [5.41, 5.74) is 2.16. The van der Waals surface area contributed by atoms with Gasteiger partial charge in [-0.05, 0) is 42.6 Å². The minimum atomic E-state index is -0.160. The highest BCUT2D eigenvalue weighted by Crippen LogP contribution is 2.27. The van der Waals surface area contributed by atoms with Crippen LogP contribution in [-0.4, -0.2) is 43.7 Å². The number of likely N-dealkylation sites (tertiary alicyclic amines) is 1. The molecule has 1 aliphatic heterocycles. The highest BCUT2D eigenvalue weighted by molar-refractivity contribution is 6.30. The summed E-state index contributed by atoms with van der Waals surface area (Å²) < 4.78 is 11.1. The fraction of sp³-hybridized carbons (Fsp3) is 0.381. The Balaban J connectivity index is 1.67. The number of halogens is 1. The SMILES string of the molecule is COC(=O)[C@@H]1CCCN1CCOC(c1ccccc1)c1ccc(Cl)cc1. The predicted molar refractivity (Wildman–Crippen MR) is 102 cm³/mol. The number of hydrogen-bond acceptors (Lipinski definition) is 4. The van der Waals surface area contributed by atoms with Crippen molar-refractivity contribution in [1.29, 1.82) is 0 Å². The maximum Gasteiger partial charge on any atom is 0.323 e. The van der Waals surface area contributed by atoms with Crippen molar-refractivity contribution in [3.05, 3.63) is 70.7 Å². The highest BCUT2D eigenvalue weighted by Gasteiger charge is 2.31. The van der Waals surface area contributed by atoms with Crippen LogP contribution >= 0.6 is 11.6 Å². The fourth-order valence-electron chi connectivity index (χ4n) is 3.43. The maximum atomic E-state index is 11.9. The molecule has 0 bridgehead atoms. The molecule has 0 N–H and O–H groups in total. The van der Waals surface area contributed by atoms with Gasteiger partial charge in [-0.1, -0.05) is 54.1 Å². The second-order valence-corrected chi connectivity index (χ2v) is 6.87. The van der Waals surface area contributed by atoms with Crippen LogP contribution in [0.3, 0.4) is 0 Å². The number of esters is 1. The molecule has 1 heterocycles. The van der Waals surface area contributed by atoms with Gasteiger partial charge in [0.1, 0.15) is 12.1 Å². The van der Waals surface area contributed by atoms with Crippen LogP contribution in [0, 0.1) is 0 Å². The van der Waals surface area contributed by atoms with Gasteiger partial charge in [0, 0.05) is 11.6 Å². The van der Waals surface area contributed by atoms with Crippen molar-refractivity contribution in [2.45, 2.75) is 25.0 Å². The molecule has 0 amide bonds. The normalized spacial score (nSPS) is 18.6. The Labute approximate surface area is 159 Å². The van der Waals surface area contributed by atoms with E-state index in [2.05, 4.69) is 17.0 Å². The molecule has 1 aliphatic rings. The molecule has 1 fully saturated rings. The molecule has 0 radical (unpaired) electrons. The fourth-order valence-corrected chi connectivity index (χ4v) is 3.56. The number of methoxy groups -OCH3 is 1. The van der Waals surface area contributed by atoms with E-state index < -0.39 is 0 Å². The van der Waals surface area contributed by atoms with Crippen molar-refractivity contribution >= 4 is 17.6 Å². The number of carbonyl (C=O) groups is 1. The Morgan fingerprint density at radius 2 is 1.85 bits per heavy atom. The zero-order chi connectivity index (χ0) is 18.4. The Kier molecular flexibility index (Phi) is 6.67. The van der Waals surface area contributed by atoms with Crippen molar-refractivity contribution in [3.8, 4) is 0 Å². The molecule has 2 atom stereocenters. The van der Waals surface area contributed by atoms with E-state index in [1.165, 1.54) is 7.11 Å². The molecular formula is C21H24ClNO3. The Morgan fingerprint density at radius 3 is 2.54 bits per heavy atom. The largest absolute Gasteiger partial charge is 0.468 e. The smallest absolute Gasteiger partial charge is 0.323 e. The molecule has 1 saturated heterocycles. The minimum Gasteiger partial charge on any atom is -0.468 e. The summed E-state index contributed by atoms with van der Waals surface area (Å²) in [6, 6.07) is 17.7. The van der Waals surface area contributed by atoms with Gasteiger partial charge in [-0.3, -0.25) is 9.69 Å². The summed E-state index contributed by atoms with van der Waals surface area (Å²) in [5, 5.41) is 0.707. The molecule has 1 unspecified atom stereocenters. The van der Waals surface area contributed by atoms with E-state index in [9.17, 15) is 4.79 Å². The van der Waals surface area contributed by atoms with E-state index in [4.69, 9.17) is 21.1 Å². The summed E-state index contributed by atoms with van der Waals surface area (Å²) in [6.45, 7) is 2.15. The van der Waals surface area contributed by atoms with Crippen molar-refractivity contribution < 1.29 is 14.3 Å². The molecular weight excluding hydrogens is 350 g/mol. The molecule has 2 aromatic carbocycles. The predicted octanol–water partition coefficient (Wildman–Crippen LogP) is 4.08. The molecule has 0 aliphatic carbocycles. The Morgan fingerprint density at radius 1 is 1.15 bits per heavy atom. The number of rotatable bonds is 7. The number of benzene rings is 2. The average Bonchev–Trinajstić information content (AvgIpc) is 3.15. The van der Waals surface area contributed by atoms with E-state index in [1.54, 1.807) is 0 Å². The molecule has 0 saturated carbocycles. The van der Waals surface area contributed by atoms with Crippen LogP contribution in [0.4, 0.5) is 0 Å². The lowest BCUT2D eigenvalue weighted by molar-refractivity contribution is -0.146. The lowest BCUT2D eigenvalue weighted by atomic mass is 10.0. The third kappa shape index (κ3) is 4.64. The maximum absolute atomic E-state index is 11.9. The van der Waals surface area contributed by atoms with Gasteiger partial charge in [0.05, 0.1) is 13.7 Å². The van der Waals surface area contributed by atoms with Crippen molar-refractivity contribution in [1.82, 2.24) is 4.90 Å². The van der Waals surface area contributed by atoms with Crippen molar-refractivity contribution in [2.75, 3.05) is 26.8 Å². The van der Waals surface area contributed by atoms with Gasteiger partial charge in [0.15, 0.2) is 0 Å². The van der Waals surface area contributed by atoms with Gasteiger partial charge in [0.2, 0.25) is 0 Å². The molecule has 26 heavy (non-hydrogen) atoms. The number of carbonyl (C=O) groups excluding carboxylic acids is 1. The monoisotopic (exact) mass is 373 g/mol. The van der Waals surface area contributed by atoms with Crippen molar-refractivity contribution in [2.24, 2.45) is 0 Å². The zero-order valence-electron chi connectivity index (χ0n) is 14.9. The number of hydrogen-bond donors (Lipinski definition) is 0. The molecule has 2 aromatic rings. The van der Waals surface area contributed by atoms with E-state index >= 15 is 0 Å². The lowest BCUT2D eigenvalue weighted by Crippen LogP contribution is -2.39. The van der Waals surface area contributed by atoms with Gasteiger partial charge in [-0.2, -0.15) is 0 Å². The number of ether oxygens (including phenoxy) is 2. The highest BCUT2D eigenvalue weighted by atomic mass is 35.5. The molecule has 5 heteroatoms. The molecule has 138 valence electrons. The van der Waals surface area contributed by atoms with Gasteiger partial charge >= 0.3 is 5.97 Å². The van der Waals surface area contributed by atoms with Gasteiger partial charge in [0.25, 0.3) is 0 Å². The average molecular weight is 374 g/mol. The van der Waals surface area contributed by atoms with Crippen LogP contribution in [0.25, 0.3) is 0 Å². The van der Waals surface area contributed by atoms with Crippen molar-refractivity contribution in [3.63, 3.8) is 0 Å². The molecule has 4 nitrogen and oxygen atoms in total. The van der Waals surface area contributed by atoms with Crippen LogP contribution in [0.15, 0.2) is 54.6 Å². The van der Waals surface area contributed by atoms with E-state index in [-0.39, 0.29) is 18.1 Å². The van der Waals surface area contributed by atoms with Gasteiger partial charge < -0.3 is 9.47 Å². The van der Waals surface area contributed by atoms with Crippen LogP contribution in [0.5, 0.6) is 0 Å². The van der Waals surface area contributed by atoms with E-state index in [0.29, 0.717) is 18.2 Å². The summed E-state index contributed by atoms with van der Waals surface area (Å²) in [6.07, 6.45) is 1.71. The van der Waals surface area contributed by atoms with Crippen LogP contribution in [0.2, 0.25) is 5.02 Å². The minimum absolute atomic E-state index is 0.144. The summed E-state index contributed by atoms with van der Waals surface area (Å²) in [4.78, 5) is 14.0. The Hall–Kier alpha value is -1.88. The first-order valence-electron chi connectivity index (χ1n) is 8.93. The van der Waals surface area contributed by atoms with Gasteiger partial charge in [-0.15, -0.1) is 0 Å². The zero-order valence-corrected chi connectivity index (χ0v) is 15.7. The molecule has 0 aromatic heterocycles. The first-order valence-corrected chi connectivity index (χ1v) is 9.30. The second kappa shape index (κ2) is 9.17. The van der Waals surface area contributed by atoms with Crippen LogP contribution in [0.1, 0.15) is 30.1 Å². The summed E-state index contributed by atoms with van der Waals surface area (Å²) >= 11 is 6.02. The first-order chi connectivity index (χ1) is 12.7. The van der Waals surface area contributed by atoms with Crippen LogP contribution in [-0.2, 0) is 14.3 Å². The third-order valence-electron chi connectivity index (χ3n) is 4.78. The number of nitrogens with zero attached hydrogens (tertiary/aromatic N) is 1. The Bertz CT molecular complexity index is 705. The summed E-state index contributed by atoms with van der Waals surface area (Å²) in [7, 11) is 1.45. The molecule has 3 rings (SSSR count). The summed E-state index contributed by atoms with van der Waals surface area (Å²) in [5.74, 6) is -0.153. The molecule has 0 spiro atoms. The first kappa shape index (κ1) is 18.9. The third-order valence-corrected chi connectivity index (χ3v) is 5.03. The van der Waals surface area contributed by atoms with Gasteiger partial charge in [-0.25, -0.2) is 0 Å². The topological polar surface area (TPSA) is 38.8 Å².